The van der Waals surface area contributed by atoms with Crippen LogP contribution in [0.2, 0.25) is 0 Å². The zero-order valence-electron chi connectivity index (χ0n) is 17.2. The van der Waals surface area contributed by atoms with Crippen molar-refractivity contribution < 1.29 is 19.4 Å². The van der Waals surface area contributed by atoms with Gasteiger partial charge in [-0.2, -0.15) is 0 Å². The average molecular weight is 405 g/mol. The molecular formula is C25H27NO4. The summed E-state index contributed by atoms with van der Waals surface area (Å²) < 4.78 is 10.5. The van der Waals surface area contributed by atoms with Crippen LogP contribution in [0.25, 0.3) is 0 Å². The van der Waals surface area contributed by atoms with Crippen molar-refractivity contribution in [2.75, 3.05) is 20.8 Å². The van der Waals surface area contributed by atoms with E-state index in [-0.39, 0.29) is 18.4 Å². The lowest BCUT2D eigenvalue weighted by Crippen LogP contribution is -2.29. The van der Waals surface area contributed by atoms with Crippen molar-refractivity contribution in [2.24, 2.45) is 0 Å². The molecule has 3 rings (SSSR count). The molecule has 3 aromatic carbocycles. The van der Waals surface area contributed by atoms with Gasteiger partial charge in [-0.1, -0.05) is 66.7 Å². The highest BCUT2D eigenvalue weighted by Gasteiger charge is 2.19. The maximum absolute atomic E-state index is 12.7. The third kappa shape index (κ3) is 5.39. The smallest absolute Gasteiger partial charge is 0.221 e. The number of benzene rings is 3. The molecular weight excluding hydrogens is 378 g/mol. The van der Waals surface area contributed by atoms with Crippen LogP contribution in [0.1, 0.15) is 35.1 Å². The van der Waals surface area contributed by atoms with E-state index in [1.807, 2.05) is 60.7 Å². The van der Waals surface area contributed by atoms with Gasteiger partial charge in [0.1, 0.15) is 0 Å². The number of nitrogens with one attached hydrogen (secondary N) is 1. The van der Waals surface area contributed by atoms with Crippen molar-refractivity contribution in [3.63, 3.8) is 0 Å². The number of ether oxygens (including phenoxy) is 2. The van der Waals surface area contributed by atoms with Crippen LogP contribution < -0.4 is 14.8 Å². The van der Waals surface area contributed by atoms with Crippen molar-refractivity contribution >= 4 is 5.91 Å². The van der Waals surface area contributed by atoms with Crippen molar-refractivity contribution in [3.05, 3.63) is 95.6 Å². The molecule has 1 amide bonds. The molecule has 1 atom stereocenters. The number of rotatable bonds is 9. The first-order valence-electron chi connectivity index (χ1n) is 9.89. The molecule has 0 aliphatic carbocycles. The summed E-state index contributed by atoms with van der Waals surface area (Å²) in [7, 11) is 3.10. The first-order chi connectivity index (χ1) is 14.6. The number of amides is 1. The minimum atomic E-state index is -0.847. The summed E-state index contributed by atoms with van der Waals surface area (Å²) in [4.78, 5) is 12.7. The van der Waals surface area contributed by atoms with Gasteiger partial charge in [-0.3, -0.25) is 4.79 Å². The average Bonchev–Trinajstić information content (AvgIpc) is 2.81. The Bertz CT molecular complexity index is 904. The summed E-state index contributed by atoms with van der Waals surface area (Å²) in [6.07, 6.45) is -0.548. The van der Waals surface area contributed by atoms with Crippen LogP contribution in [0.15, 0.2) is 78.9 Å². The molecule has 0 aromatic heterocycles. The van der Waals surface area contributed by atoms with E-state index >= 15 is 0 Å². The fourth-order valence-corrected chi connectivity index (χ4v) is 3.44. The Morgan fingerprint density at radius 3 is 1.93 bits per heavy atom. The van der Waals surface area contributed by atoms with E-state index in [1.165, 1.54) is 0 Å². The predicted molar refractivity (Wildman–Crippen MR) is 117 cm³/mol. The molecule has 0 saturated heterocycles. The number of methoxy groups -OCH3 is 2. The molecule has 0 fully saturated rings. The minimum absolute atomic E-state index is 0.0503. The van der Waals surface area contributed by atoms with Gasteiger partial charge < -0.3 is 19.9 Å². The topological polar surface area (TPSA) is 67.8 Å². The predicted octanol–water partition coefficient (Wildman–Crippen LogP) is 4.08. The number of carbonyl (C=O) groups excluding carboxylic acids is 1. The Hall–Kier alpha value is -3.31. The van der Waals surface area contributed by atoms with E-state index in [4.69, 9.17) is 9.47 Å². The highest BCUT2D eigenvalue weighted by molar-refractivity contribution is 5.77. The van der Waals surface area contributed by atoms with E-state index in [2.05, 4.69) is 5.32 Å². The lowest BCUT2D eigenvalue weighted by molar-refractivity contribution is -0.121. The van der Waals surface area contributed by atoms with Gasteiger partial charge in [-0.15, -0.1) is 0 Å². The van der Waals surface area contributed by atoms with Gasteiger partial charge >= 0.3 is 0 Å². The maximum Gasteiger partial charge on any atom is 0.221 e. The van der Waals surface area contributed by atoms with Crippen LogP contribution >= 0.6 is 0 Å². The number of carbonyl (C=O) groups is 1. The molecule has 0 aliphatic rings. The van der Waals surface area contributed by atoms with Gasteiger partial charge in [-0.05, 0) is 28.8 Å². The van der Waals surface area contributed by atoms with Gasteiger partial charge in [0.15, 0.2) is 11.5 Å². The van der Waals surface area contributed by atoms with Crippen LogP contribution in [-0.2, 0) is 4.79 Å². The first-order valence-corrected chi connectivity index (χ1v) is 9.89. The number of hydrogen-bond donors (Lipinski definition) is 2. The second-order valence-corrected chi connectivity index (χ2v) is 7.01. The van der Waals surface area contributed by atoms with Gasteiger partial charge in [0.05, 0.1) is 20.3 Å². The van der Waals surface area contributed by atoms with Crippen LogP contribution in [0.4, 0.5) is 0 Å². The van der Waals surface area contributed by atoms with Crippen molar-refractivity contribution in [3.8, 4) is 11.5 Å². The normalized spacial score (nSPS) is 11.7. The van der Waals surface area contributed by atoms with Crippen LogP contribution in [-0.4, -0.2) is 31.8 Å². The van der Waals surface area contributed by atoms with Gasteiger partial charge in [0.2, 0.25) is 5.91 Å². The van der Waals surface area contributed by atoms with Crippen LogP contribution in [0, 0.1) is 0 Å². The van der Waals surface area contributed by atoms with E-state index < -0.39 is 6.10 Å². The molecule has 30 heavy (non-hydrogen) atoms. The summed E-state index contributed by atoms with van der Waals surface area (Å²) in [5, 5.41) is 13.4. The lowest BCUT2D eigenvalue weighted by Gasteiger charge is -2.19. The maximum atomic E-state index is 12.7. The minimum Gasteiger partial charge on any atom is -0.493 e. The molecule has 0 bridgehead atoms. The Morgan fingerprint density at radius 1 is 0.833 bits per heavy atom. The molecule has 0 saturated carbocycles. The Labute approximate surface area is 177 Å². The van der Waals surface area contributed by atoms with Crippen LogP contribution in [0.5, 0.6) is 11.5 Å². The number of hydrogen-bond acceptors (Lipinski definition) is 4. The third-order valence-corrected chi connectivity index (χ3v) is 5.08. The Kier molecular flexibility index (Phi) is 7.46. The number of aliphatic hydroxyl groups is 1. The number of aliphatic hydroxyl groups excluding tert-OH is 1. The van der Waals surface area contributed by atoms with Crippen molar-refractivity contribution in [2.45, 2.75) is 18.4 Å². The molecule has 5 nitrogen and oxygen atoms in total. The van der Waals surface area contributed by atoms with Crippen molar-refractivity contribution in [1.29, 1.82) is 0 Å². The van der Waals surface area contributed by atoms with E-state index in [0.29, 0.717) is 23.5 Å². The van der Waals surface area contributed by atoms with E-state index in [0.717, 1.165) is 11.1 Å². The lowest BCUT2D eigenvalue weighted by atomic mass is 9.88. The standard InChI is InChI=1S/C25H27NO4/c1-29-23-14-13-20(15-24(23)30-2)22(27)17-26-25(28)16-21(18-9-5-3-6-10-18)19-11-7-4-8-12-19/h3-15,21-22,27H,16-17H2,1-2H3,(H,26,28)/t22-/m1/s1. The monoisotopic (exact) mass is 405 g/mol. The molecule has 0 unspecified atom stereocenters. The van der Waals surface area contributed by atoms with E-state index in [9.17, 15) is 9.90 Å². The van der Waals surface area contributed by atoms with Gasteiger partial charge in [0.25, 0.3) is 0 Å². The largest absolute Gasteiger partial charge is 0.493 e. The SMILES string of the molecule is COc1ccc([C@H](O)CNC(=O)CC(c2ccccc2)c2ccccc2)cc1OC. The summed E-state index contributed by atoms with van der Waals surface area (Å²) in [5.74, 6) is 0.956. The molecule has 0 spiro atoms. The summed E-state index contributed by atoms with van der Waals surface area (Å²) in [6, 6.07) is 25.2. The second-order valence-electron chi connectivity index (χ2n) is 7.01. The van der Waals surface area contributed by atoms with Gasteiger partial charge in [-0.25, -0.2) is 0 Å². The molecule has 0 radical (unpaired) electrons. The van der Waals surface area contributed by atoms with Gasteiger partial charge in [0, 0.05) is 18.9 Å². The second kappa shape index (κ2) is 10.5. The highest BCUT2D eigenvalue weighted by Crippen LogP contribution is 2.30. The molecule has 2 N–H and O–H groups in total. The quantitative estimate of drug-likeness (QED) is 0.563. The molecule has 5 heteroatoms. The summed E-state index contributed by atoms with van der Waals surface area (Å²) in [5.41, 5.74) is 2.81. The van der Waals surface area contributed by atoms with Crippen LogP contribution in [0.3, 0.4) is 0 Å². The molecule has 0 aliphatic heterocycles. The Balaban J connectivity index is 1.66. The third-order valence-electron chi connectivity index (χ3n) is 5.08. The fraction of sp³-hybridized carbons (Fsp3) is 0.240. The fourth-order valence-electron chi connectivity index (χ4n) is 3.44. The van der Waals surface area contributed by atoms with E-state index in [1.54, 1.807) is 32.4 Å². The molecule has 3 aromatic rings. The summed E-state index contributed by atoms with van der Waals surface area (Å²) in [6.45, 7) is 0.116. The zero-order valence-corrected chi connectivity index (χ0v) is 17.2. The zero-order chi connectivity index (χ0) is 21.3. The first kappa shape index (κ1) is 21.4. The highest BCUT2D eigenvalue weighted by atomic mass is 16.5. The summed E-state index contributed by atoms with van der Waals surface area (Å²) >= 11 is 0. The Morgan fingerprint density at radius 2 is 1.40 bits per heavy atom. The molecule has 0 heterocycles. The van der Waals surface area contributed by atoms with Crippen molar-refractivity contribution in [1.82, 2.24) is 5.32 Å². The molecule has 156 valence electrons.